The van der Waals surface area contributed by atoms with Crippen molar-refractivity contribution >= 4 is 5.91 Å². The van der Waals surface area contributed by atoms with Crippen LogP contribution in [0.25, 0.3) is 5.69 Å². The number of rotatable bonds is 4. The van der Waals surface area contributed by atoms with Crippen LogP contribution < -0.4 is 10.5 Å². The van der Waals surface area contributed by atoms with Crippen LogP contribution in [0, 0.1) is 6.92 Å². The van der Waals surface area contributed by atoms with E-state index in [0.29, 0.717) is 12.2 Å². The number of hydrogen-bond donors (Lipinski definition) is 1. The first-order valence-electron chi connectivity index (χ1n) is 7.73. The van der Waals surface area contributed by atoms with Gasteiger partial charge in [0, 0.05) is 19.1 Å². The van der Waals surface area contributed by atoms with Gasteiger partial charge in [-0.3, -0.25) is 4.79 Å². The summed E-state index contributed by atoms with van der Waals surface area (Å²) < 4.78 is 6.82. The standard InChI is InChI=1S/C16H21N5O2/c1-11-15(16(22)20-9-3-4-13(20)10-17)18-19-21(11)12-5-7-14(23-2)8-6-12/h5-8,13H,3-4,9-10,17H2,1-2H3. The lowest BCUT2D eigenvalue weighted by Crippen LogP contribution is -2.40. The molecule has 0 aliphatic carbocycles. The molecular formula is C16H21N5O2. The molecule has 0 radical (unpaired) electrons. The summed E-state index contributed by atoms with van der Waals surface area (Å²) in [5.41, 5.74) is 7.71. The molecule has 0 spiro atoms. The van der Waals surface area contributed by atoms with E-state index < -0.39 is 0 Å². The Balaban J connectivity index is 1.87. The summed E-state index contributed by atoms with van der Waals surface area (Å²) in [4.78, 5) is 14.5. The highest BCUT2D eigenvalue weighted by atomic mass is 16.5. The molecule has 1 aliphatic heterocycles. The normalized spacial score (nSPS) is 17.5. The maximum atomic E-state index is 12.7. The van der Waals surface area contributed by atoms with Crippen LogP contribution in [0.1, 0.15) is 29.0 Å². The Morgan fingerprint density at radius 2 is 2.13 bits per heavy atom. The Hall–Kier alpha value is -2.41. The summed E-state index contributed by atoms with van der Waals surface area (Å²) >= 11 is 0. The van der Waals surface area contributed by atoms with Gasteiger partial charge in [-0.2, -0.15) is 0 Å². The van der Waals surface area contributed by atoms with Crippen molar-refractivity contribution in [3.05, 3.63) is 35.7 Å². The molecule has 2 N–H and O–H groups in total. The Morgan fingerprint density at radius 3 is 2.78 bits per heavy atom. The third-order valence-corrected chi connectivity index (χ3v) is 4.32. The first kappa shape index (κ1) is 15.5. The summed E-state index contributed by atoms with van der Waals surface area (Å²) in [5, 5.41) is 8.23. The second-order valence-electron chi connectivity index (χ2n) is 5.66. The van der Waals surface area contributed by atoms with Gasteiger partial charge in [0.2, 0.25) is 0 Å². The minimum Gasteiger partial charge on any atom is -0.497 e. The van der Waals surface area contributed by atoms with Crippen LogP contribution in [-0.2, 0) is 0 Å². The van der Waals surface area contributed by atoms with Gasteiger partial charge < -0.3 is 15.4 Å². The topological polar surface area (TPSA) is 86.3 Å². The number of nitrogens with two attached hydrogens (primary N) is 1. The highest BCUT2D eigenvalue weighted by molar-refractivity contribution is 5.93. The number of methoxy groups -OCH3 is 1. The van der Waals surface area contributed by atoms with Crippen molar-refractivity contribution < 1.29 is 9.53 Å². The third kappa shape index (κ3) is 2.79. The smallest absolute Gasteiger partial charge is 0.276 e. The summed E-state index contributed by atoms with van der Waals surface area (Å²) in [6.45, 7) is 3.07. The van der Waals surface area contributed by atoms with Crippen molar-refractivity contribution in [3.63, 3.8) is 0 Å². The SMILES string of the molecule is COc1ccc(-n2nnc(C(=O)N3CCCC3CN)c2C)cc1. The van der Waals surface area contributed by atoms with E-state index in [-0.39, 0.29) is 11.9 Å². The maximum Gasteiger partial charge on any atom is 0.276 e. The molecule has 1 fully saturated rings. The second-order valence-corrected chi connectivity index (χ2v) is 5.66. The van der Waals surface area contributed by atoms with E-state index in [1.165, 1.54) is 0 Å². The van der Waals surface area contributed by atoms with Crippen LogP contribution in [0.2, 0.25) is 0 Å². The first-order chi connectivity index (χ1) is 11.2. The fraction of sp³-hybridized carbons (Fsp3) is 0.438. The summed E-state index contributed by atoms with van der Waals surface area (Å²) in [7, 11) is 1.62. The molecule has 1 aromatic carbocycles. The van der Waals surface area contributed by atoms with Gasteiger partial charge in [-0.25, -0.2) is 4.68 Å². The largest absolute Gasteiger partial charge is 0.497 e. The number of likely N-dealkylation sites (tertiary alicyclic amines) is 1. The molecule has 1 atom stereocenters. The fourth-order valence-corrected chi connectivity index (χ4v) is 2.98. The predicted octanol–water partition coefficient (Wildman–Crippen LogP) is 1.15. The van der Waals surface area contributed by atoms with Gasteiger partial charge in [-0.1, -0.05) is 5.21 Å². The number of benzene rings is 1. The minimum absolute atomic E-state index is 0.0878. The zero-order chi connectivity index (χ0) is 16.4. The average molecular weight is 315 g/mol. The Labute approximate surface area is 135 Å². The van der Waals surface area contributed by atoms with Gasteiger partial charge in [0.15, 0.2) is 5.69 Å². The number of carbonyl (C=O) groups is 1. The number of aromatic nitrogens is 3. The number of ether oxygens (including phenoxy) is 1. The second kappa shape index (κ2) is 6.37. The number of hydrogen-bond acceptors (Lipinski definition) is 5. The number of carbonyl (C=O) groups excluding carboxylic acids is 1. The molecule has 1 aromatic heterocycles. The van der Waals surface area contributed by atoms with Crippen molar-refractivity contribution in [1.82, 2.24) is 19.9 Å². The average Bonchev–Trinajstić information content (AvgIpc) is 3.21. The van der Waals surface area contributed by atoms with E-state index in [0.717, 1.165) is 36.5 Å². The van der Waals surface area contributed by atoms with Crippen molar-refractivity contribution in [2.24, 2.45) is 5.73 Å². The van der Waals surface area contributed by atoms with Crippen molar-refractivity contribution in [1.29, 1.82) is 0 Å². The van der Waals surface area contributed by atoms with E-state index in [1.54, 1.807) is 11.8 Å². The maximum absolute atomic E-state index is 12.7. The van der Waals surface area contributed by atoms with E-state index in [2.05, 4.69) is 10.3 Å². The zero-order valence-corrected chi connectivity index (χ0v) is 13.4. The lowest BCUT2D eigenvalue weighted by atomic mass is 10.2. The van der Waals surface area contributed by atoms with Gasteiger partial charge in [0.1, 0.15) is 5.75 Å². The molecule has 1 amide bonds. The van der Waals surface area contributed by atoms with Crippen LogP contribution in [0.4, 0.5) is 0 Å². The van der Waals surface area contributed by atoms with Crippen LogP contribution in [0.15, 0.2) is 24.3 Å². The molecule has 2 aromatic rings. The van der Waals surface area contributed by atoms with E-state index in [4.69, 9.17) is 10.5 Å². The summed E-state index contributed by atoms with van der Waals surface area (Å²) in [6.07, 6.45) is 1.94. The highest BCUT2D eigenvalue weighted by Gasteiger charge is 2.31. The van der Waals surface area contributed by atoms with Gasteiger partial charge in [-0.05, 0) is 44.0 Å². The van der Waals surface area contributed by atoms with Crippen LogP contribution in [-0.4, -0.2) is 52.0 Å². The van der Waals surface area contributed by atoms with Crippen LogP contribution in [0.3, 0.4) is 0 Å². The third-order valence-electron chi connectivity index (χ3n) is 4.32. The van der Waals surface area contributed by atoms with E-state index >= 15 is 0 Å². The van der Waals surface area contributed by atoms with Crippen LogP contribution in [0.5, 0.6) is 5.75 Å². The molecule has 2 heterocycles. The zero-order valence-electron chi connectivity index (χ0n) is 13.4. The summed E-state index contributed by atoms with van der Waals surface area (Å²) in [6, 6.07) is 7.57. The quantitative estimate of drug-likeness (QED) is 0.914. The molecule has 7 nitrogen and oxygen atoms in total. The molecule has 1 saturated heterocycles. The van der Waals surface area contributed by atoms with Crippen molar-refractivity contribution in [3.8, 4) is 11.4 Å². The summed E-state index contributed by atoms with van der Waals surface area (Å²) in [5.74, 6) is 0.681. The van der Waals surface area contributed by atoms with Crippen molar-refractivity contribution in [2.45, 2.75) is 25.8 Å². The molecule has 3 rings (SSSR count). The van der Waals surface area contributed by atoms with E-state index in [9.17, 15) is 4.79 Å². The van der Waals surface area contributed by atoms with E-state index in [1.807, 2.05) is 36.1 Å². The first-order valence-corrected chi connectivity index (χ1v) is 7.73. The lowest BCUT2D eigenvalue weighted by Gasteiger charge is -2.22. The van der Waals surface area contributed by atoms with Gasteiger partial charge in [0.25, 0.3) is 5.91 Å². The molecule has 0 bridgehead atoms. The van der Waals surface area contributed by atoms with Gasteiger partial charge >= 0.3 is 0 Å². The molecule has 0 saturated carbocycles. The lowest BCUT2D eigenvalue weighted by molar-refractivity contribution is 0.0734. The highest BCUT2D eigenvalue weighted by Crippen LogP contribution is 2.21. The molecule has 7 heteroatoms. The number of nitrogens with zero attached hydrogens (tertiary/aromatic N) is 4. The molecule has 1 aliphatic rings. The van der Waals surface area contributed by atoms with Gasteiger partial charge in [-0.15, -0.1) is 5.10 Å². The predicted molar refractivity (Wildman–Crippen MR) is 85.8 cm³/mol. The van der Waals surface area contributed by atoms with Gasteiger partial charge in [0.05, 0.1) is 18.5 Å². The van der Waals surface area contributed by atoms with Crippen LogP contribution >= 0.6 is 0 Å². The Kier molecular flexibility index (Phi) is 4.29. The molecular weight excluding hydrogens is 294 g/mol. The Bertz CT molecular complexity index is 695. The van der Waals surface area contributed by atoms with Crippen molar-refractivity contribution in [2.75, 3.05) is 20.2 Å². The molecule has 122 valence electrons. The minimum atomic E-state index is -0.0878. The number of amides is 1. The molecule has 23 heavy (non-hydrogen) atoms. The monoisotopic (exact) mass is 315 g/mol. The fourth-order valence-electron chi connectivity index (χ4n) is 2.98. The Morgan fingerprint density at radius 1 is 1.39 bits per heavy atom. The molecule has 1 unspecified atom stereocenters.